The second-order valence-corrected chi connectivity index (χ2v) is 9.24. The molecule has 1 N–H and O–H groups in total. The molecule has 2 fully saturated rings. The SMILES string of the molecule is CNC(=O)c1cccc([C@@H]2CN(C(=O)C3(Cc4ccccc4)CCOCC3)CCN2C(C)=O)c1. The van der Waals surface area contributed by atoms with Crippen LogP contribution in [-0.2, 0) is 20.7 Å². The average Bonchev–Trinajstić information content (AvgIpc) is 2.88. The molecule has 3 amide bonds. The predicted octanol–water partition coefficient (Wildman–Crippen LogP) is 2.82. The van der Waals surface area contributed by atoms with Crippen molar-refractivity contribution in [3.63, 3.8) is 0 Å². The highest BCUT2D eigenvalue weighted by Crippen LogP contribution is 2.38. The van der Waals surface area contributed by atoms with Gasteiger partial charge >= 0.3 is 0 Å². The van der Waals surface area contributed by atoms with Crippen LogP contribution in [0.2, 0.25) is 0 Å². The van der Waals surface area contributed by atoms with E-state index in [-0.39, 0.29) is 23.8 Å². The number of amides is 3. The van der Waals surface area contributed by atoms with E-state index in [1.807, 2.05) is 41.3 Å². The third-order valence-electron chi connectivity index (χ3n) is 7.12. The molecule has 0 bridgehead atoms. The Kier molecular flexibility index (Phi) is 7.32. The number of hydrogen-bond acceptors (Lipinski definition) is 4. The molecular weight excluding hydrogens is 430 g/mol. The molecule has 0 aliphatic carbocycles. The van der Waals surface area contributed by atoms with Gasteiger partial charge in [0.2, 0.25) is 11.8 Å². The van der Waals surface area contributed by atoms with Gasteiger partial charge in [-0.15, -0.1) is 0 Å². The van der Waals surface area contributed by atoms with E-state index in [2.05, 4.69) is 17.4 Å². The van der Waals surface area contributed by atoms with Crippen molar-refractivity contribution in [1.82, 2.24) is 15.1 Å². The van der Waals surface area contributed by atoms with Crippen LogP contribution in [0.25, 0.3) is 0 Å². The van der Waals surface area contributed by atoms with Crippen molar-refractivity contribution in [2.75, 3.05) is 39.9 Å². The summed E-state index contributed by atoms with van der Waals surface area (Å²) in [6, 6.07) is 17.2. The van der Waals surface area contributed by atoms with E-state index < -0.39 is 5.41 Å². The van der Waals surface area contributed by atoms with E-state index in [0.29, 0.717) is 57.7 Å². The monoisotopic (exact) mass is 463 g/mol. The largest absolute Gasteiger partial charge is 0.381 e. The van der Waals surface area contributed by atoms with Gasteiger partial charge in [-0.3, -0.25) is 14.4 Å². The fraction of sp³-hybridized carbons (Fsp3) is 0.444. The van der Waals surface area contributed by atoms with Gasteiger partial charge in [-0.2, -0.15) is 0 Å². The maximum absolute atomic E-state index is 14.1. The van der Waals surface area contributed by atoms with Gasteiger partial charge < -0.3 is 19.9 Å². The molecule has 0 unspecified atom stereocenters. The second-order valence-electron chi connectivity index (χ2n) is 9.24. The standard InChI is InChI=1S/C27H33N3O4/c1-20(31)30-14-13-29(19-24(30)22-9-6-10-23(17-22)25(32)28-2)26(33)27(11-15-34-16-12-27)18-21-7-4-3-5-8-21/h3-10,17,24H,11-16,18-19H2,1-2H3,(H,28,32)/t24-/m0/s1. The summed E-state index contributed by atoms with van der Waals surface area (Å²) in [5.41, 5.74) is 2.04. The Morgan fingerprint density at radius 3 is 2.44 bits per heavy atom. The molecule has 7 nitrogen and oxygen atoms in total. The van der Waals surface area contributed by atoms with Crippen LogP contribution in [0.1, 0.15) is 47.3 Å². The lowest BCUT2D eigenvalue weighted by Crippen LogP contribution is -2.56. The first-order valence-electron chi connectivity index (χ1n) is 11.9. The summed E-state index contributed by atoms with van der Waals surface area (Å²) in [4.78, 5) is 42.4. The fourth-order valence-electron chi connectivity index (χ4n) is 5.21. The molecule has 180 valence electrons. The van der Waals surface area contributed by atoms with Gasteiger partial charge in [0.15, 0.2) is 0 Å². The summed E-state index contributed by atoms with van der Waals surface area (Å²) in [7, 11) is 1.60. The minimum absolute atomic E-state index is 0.0347. The average molecular weight is 464 g/mol. The van der Waals surface area contributed by atoms with Gasteiger partial charge in [-0.25, -0.2) is 0 Å². The van der Waals surface area contributed by atoms with Crippen molar-refractivity contribution >= 4 is 17.7 Å². The van der Waals surface area contributed by atoms with Gasteiger partial charge in [-0.1, -0.05) is 42.5 Å². The molecule has 34 heavy (non-hydrogen) atoms. The second kappa shape index (κ2) is 10.4. The van der Waals surface area contributed by atoms with Crippen molar-refractivity contribution in [3.8, 4) is 0 Å². The number of nitrogens with one attached hydrogen (secondary N) is 1. The molecule has 2 aromatic carbocycles. The first kappa shape index (κ1) is 24.0. The summed E-state index contributed by atoms with van der Waals surface area (Å²) < 4.78 is 5.62. The lowest BCUT2D eigenvalue weighted by atomic mass is 9.73. The first-order valence-corrected chi connectivity index (χ1v) is 11.9. The van der Waals surface area contributed by atoms with E-state index >= 15 is 0 Å². The summed E-state index contributed by atoms with van der Waals surface area (Å²) in [5, 5.41) is 2.65. The highest BCUT2D eigenvalue weighted by Gasteiger charge is 2.44. The van der Waals surface area contributed by atoms with Gasteiger partial charge in [0.05, 0.1) is 11.5 Å². The third kappa shape index (κ3) is 4.99. The number of benzene rings is 2. The van der Waals surface area contributed by atoms with Gasteiger partial charge in [0, 0.05) is 52.4 Å². The van der Waals surface area contributed by atoms with Gasteiger partial charge in [0.1, 0.15) is 0 Å². The number of carbonyl (C=O) groups is 3. The smallest absolute Gasteiger partial charge is 0.251 e. The van der Waals surface area contributed by atoms with Crippen molar-refractivity contribution < 1.29 is 19.1 Å². The molecule has 2 aromatic rings. The van der Waals surface area contributed by atoms with E-state index in [0.717, 1.165) is 11.1 Å². The zero-order valence-corrected chi connectivity index (χ0v) is 20.0. The number of hydrogen-bond donors (Lipinski definition) is 1. The number of piperazine rings is 1. The predicted molar refractivity (Wildman–Crippen MR) is 129 cm³/mol. The molecule has 1 atom stereocenters. The zero-order chi connectivity index (χ0) is 24.1. The summed E-state index contributed by atoms with van der Waals surface area (Å²) in [6.45, 7) is 4.08. The highest BCUT2D eigenvalue weighted by molar-refractivity contribution is 5.94. The molecule has 0 aromatic heterocycles. The van der Waals surface area contributed by atoms with Crippen molar-refractivity contribution in [2.45, 2.75) is 32.2 Å². The van der Waals surface area contributed by atoms with Crippen LogP contribution in [0.4, 0.5) is 0 Å². The Bertz CT molecular complexity index is 1030. The van der Waals surface area contributed by atoms with Crippen molar-refractivity contribution in [3.05, 3.63) is 71.3 Å². The molecule has 0 radical (unpaired) electrons. The van der Waals surface area contributed by atoms with Crippen LogP contribution >= 0.6 is 0 Å². The molecule has 2 aliphatic heterocycles. The molecule has 0 saturated carbocycles. The topological polar surface area (TPSA) is 79.0 Å². The Morgan fingerprint density at radius 1 is 1.03 bits per heavy atom. The molecule has 2 heterocycles. The molecule has 0 spiro atoms. The van der Waals surface area contributed by atoms with Crippen molar-refractivity contribution in [1.29, 1.82) is 0 Å². The van der Waals surface area contributed by atoms with Crippen LogP contribution < -0.4 is 5.32 Å². The van der Waals surface area contributed by atoms with Crippen LogP contribution in [0.15, 0.2) is 54.6 Å². The highest BCUT2D eigenvalue weighted by atomic mass is 16.5. The quantitative estimate of drug-likeness (QED) is 0.740. The summed E-state index contributed by atoms with van der Waals surface area (Å²) >= 11 is 0. The van der Waals surface area contributed by atoms with Gasteiger partial charge in [0.25, 0.3) is 5.91 Å². The molecular formula is C27H33N3O4. The number of nitrogens with zero attached hydrogens (tertiary/aromatic N) is 2. The molecule has 2 saturated heterocycles. The number of ether oxygens (including phenoxy) is 1. The third-order valence-corrected chi connectivity index (χ3v) is 7.12. The van der Waals surface area contributed by atoms with E-state index in [1.165, 1.54) is 0 Å². The van der Waals surface area contributed by atoms with E-state index in [1.54, 1.807) is 24.9 Å². The molecule has 7 heteroatoms. The lowest BCUT2D eigenvalue weighted by Gasteiger charge is -2.46. The van der Waals surface area contributed by atoms with Crippen LogP contribution in [-0.4, -0.2) is 67.4 Å². The Labute approximate surface area is 201 Å². The Hall–Kier alpha value is -3.19. The fourth-order valence-corrected chi connectivity index (χ4v) is 5.21. The van der Waals surface area contributed by atoms with Crippen molar-refractivity contribution in [2.24, 2.45) is 5.41 Å². The minimum Gasteiger partial charge on any atom is -0.381 e. The molecule has 2 aliphatic rings. The summed E-state index contributed by atoms with van der Waals surface area (Å²) in [5.74, 6) is -0.0770. The minimum atomic E-state index is -0.507. The van der Waals surface area contributed by atoms with E-state index in [9.17, 15) is 14.4 Å². The number of rotatable bonds is 5. The van der Waals surface area contributed by atoms with E-state index in [4.69, 9.17) is 4.74 Å². The van der Waals surface area contributed by atoms with Gasteiger partial charge in [-0.05, 0) is 42.5 Å². The van der Waals surface area contributed by atoms with Crippen LogP contribution in [0.5, 0.6) is 0 Å². The Morgan fingerprint density at radius 2 is 1.76 bits per heavy atom. The maximum Gasteiger partial charge on any atom is 0.251 e. The molecule has 4 rings (SSSR count). The number of carbonyl (C=O) groups excluding carboxylic acids is 3. The maximum atomic E-state index is 14.1. The summed E-state index contributed by atoms with van der Waals surface area (Å²) in [6.07, 6.45) is 2.05. The van der Waals surface area contributed by atoms with Crippen LogP contribution in [0.3, 0.4) is 0 Å². The first-order chi connectivity index (χ1) is 16.4. The Balaban J connectivity index is 1.62. The normalized spacial score (nSPS) is 20.0. The lowest BCUT2D eigenvalue weighted by molar-refractivity contribution is -0.154. The van der Waals surface area contributed by atoms with Crippen LogP contribution in [0, 0.1) is 5.41 Å². The zero-order valence-electron chi connectivity index (χ0n) is 20.0.